The van der Waals surface area contributed by atoms with E-state index >= 15 is 0 Å². The first-order chi connectivity index (χ1) is 14.2. The van der Waals surface area contributed by atoms with Gasteiger partial charge in [-0.2, -0.15) is 0 Å². The molecule has 0 bridgehead atoms. The van der Waals surface area contributed by atoms with Crippen LogP contribution in [-0.2, 0) is 11.8 Å². The number of aromatic nitrogens is 2. The Morgan fingerprint density at radius 3 is 2.69 bits per heavy atom. The van der Waals surface area contributed by atoms with Gasteiger partial charge in [-0.05, 0) is 49.1 Å². The fourth-order valence-corrected chi connectivity index (χ4v) is 4.46. The van der Waals surface area contributed by atoms with Crippen molar-refractivity contribution in [1.82, 2.24) is 14.5 Å². The van der Waals surface area contributed by atoms with Gasteiger partial charge in [-0.15, -0.1) is 0 Å². The van der Waals surface area contributed by atoms with E-state index < -0.39 is 0 Å². The summed E-state index contributed by atoms with van der Waals surface area (Å²) in [5.41, 5.74) is 6.14. The second-order valence-corrected chi connectivity index (χ2v) is 8.47. The molecule has 1 saturated heterocycles. The average Bonchev–Trinajstić information content (AvgIpc) is 3.53. The lowest BCUT2D eigenvalue weighted by atomic mass is 10.00. The number of imidazole rings is 1. The molecule has 1 aromatic heterocycles. The molecule has 152 valence electrons. The van der Waals surface area contributed by atoms with Crippen molar-refractivity contribution in [3.63, 3.8) is 0 Å². The molecule has 2 aliphatic rings. The van der Waals surface area contributed by atoms with Crippen molar-refractivity contribution in [2.45, 2.75) is 31.7 Å². The summed E-state index contributed by atoms with van der Waals surface area (Å²) in [4.78, 5) is 7.44. The van der Waals surface area contributed by atoms with E-state index in [1.807, 2.05) is 0 Å². The maximum absolute atomic E-state index is 5.54. The van der Waals surface area contributed by atoms with Crippen molar-refractivity contribution in [3.8, 4) is 0 Å². The van der Waals surface area contributed by atoms with Crippen LogP contribution in [0.4, 0.5) is 5.69 Å². The Morgan fingerprint density at radius 1 is 1.14 bits per heavy atom. The van der Waals surface area contributed by atoms with Crippen LogP contribution >= 0.6 is 0 Å². The first kappa shape index (κ1) is 18.6. The van der Waals surface area contributed by atoms with Crippen molar-refractivity contribution in [1.29, 1.82) is 0 Å². The molecule has 1 saturated carbocycles. The molecular weight excluding hydrogens is 360 g/mol. The zero-order valence-electron chi connectivity index (χ0n) is 17.4. The van der Waals surface area contributed by atoms with Crippen LogP contribution < -0.4 is 5.32 Å². The molecule has 5 nitrogen and oxygen atoms in total. The number of benzene rings is 2. The third-order valence-electron chi connectivity index (χ3n) is 6.31. The molecule has 1 N–H and O–H groups in total. The summed E-state index contributed by atoms with van der Waals surface area (Å²) in [7, 11) is 2.14. The molecule has 1 aliphatic heterocycles. The molecule has 5 rings (SSSR count). The fourth-order valence-electron chi connectivity index (χ4n) is 4.46. The number of nitrogens with zero attached hydrogens (tertiary/aromatic N) is 3. The van der Waals surface area contributed by atoms with Gasteiger partial charge in [-0.3, -0.25) is 4.90 Å². The summed E-state index contributed by atoms with van der Waals surface area (Å²) in [6.45, 7) is 6.81. The first-order valence-corrected chi connectivity index (χ1v) is 10.8. The molecule has 0 radical (unpaired) electrons. The maximum Gasteiger partial charge on any atom is 0.112 e. The van der Waals surface area contributed by atoms with Crippen LogP contribution in [0.3, 0.4) is 0 Å². The maximum atomic E-state index is 5.54. The van der Waals surface area contributed by atoms with Gasteiger partial charge in [-0.25, -0.2) is 4.98 Å². The molecule has 0 spiro atoms. The van der Waals surface area contributed by atoms with Gasteiger partial charge in [0.1, 0.15) is 5.82 Å². The van der Waals surface area contributed by atoms with E-state index in [0.29, 0.717) is 5.92 Å². The van der Waals surface area contributed by atoms with Gasteiger partial charge in [0.2, 0.25) is 0 Å². The van der Waals surface area contributed by atoms with Crippen molar-refractivity contribution in [3.05, 3.63) is 59.4 Å². The van der Waals surface area contributed by atoms with Crippen LogP contribution in [0.25, 0.3) is 11.0 Å². The number of ether oxygens (including phenoxy) is 1. The van der Waals surface area contributed by atoms with Gasteiger partial charge in [-0.1, -0.05) is 24.3 Å². The second kappa shape index (κ2) is 7.81. The van der Waals surface area contributed by atoms with Crippen LogP contribution in [-0.4, -0.2) is 47.3 Å². The van der Waals surface area contributed by atoms with Crippen molar-refractivity contribution in [2.24, 2.45) is 7.05 Å². The van der Waals surface area contributed by atoms with Crippen LogP contribution in [0, 0.1) is 6.92 Å². The minimum absolute atomic E-state index is 0.235. The smallest absolute Gasteiger partial charge is 0.112 e. The highest BCUT2D eigenvalue weighted by atomic mass is 16.5. The molecule has 2 heterocycles. The Labute approximate surface area is 172 Å². The van der Waals surface area contributed by atoms with Crippen molar-refractivity contribution >= 4 is 16.7 Å². The summed E-state index contributed by atoms with van der Waals surface area (Å²) >= 11 is 0. The van der Waals surface area contributed by atoms with E-state index in [9.17, 15) is 0 Å². The van der Waals surface area contributed by atoms with E-state index in [1.54, 1.807) is 0 Å². The monoisotopic (exact) mass is 390 g/mol. The molecule has 3 aromatic rings. The number of aryl methyl sites for hydroxylation is 2. The Morgan fingerprint density at radius 2 is 1.93 bits per heavy atom. The fraction of sp³-hybridized carbons (Fsp3) is 0.458. The number of rotatable bonds is 6. The molecular formula is C24H30N4O. The van der Waals surface area contributed by atoms with Gasteiger partial charge < -0.3 is 14.6 Å². The van der Waals surface area contributed by atoms with Gasteiger partial charge in [0, 0.05) is 38.3 Å². The lowest BCUT2D eigenvalue weighted by Crippen LogP contribution is -2.40. The zero-order chi connectivity index (χ0) is 19.8. The van der Waals surface area contributed by atoms with Gasteiger partial charge in [0.05, 0.1) is 30.3 Å². The summed E-state index contributed by atoms with van der Waals surface area (Å²) < 4.78 is 7.81. The zero-order valence-corrected chi connectivity index (χ0v) is 17.4. The minimum Gasteiger partial charge on any atom is -0.379 e. The Kier molecular flexibility index (Phi) is 5.02. The predicted molar refractivity (Wildman–Crippen MR) is 117 cm³/mol. The largest absolute Gasteiger partial charge is 0.379 e. The van der Waals surface area contributed by atoms with E-state index in [2.05, 4.69) is 71.2 Å². The number of morpholine rings is 1. The summed E-state index contributed by atoms with van der Waals surface area (Å²) in [5, 5.41) is 3.82. The lowest BCUT2D eigenvalue weighted by Gasteiger charge is -2.32. The Hall–Kier alpha value is -2.37. The first-order valence-electron chi connectivity index (χ1n) is 10.8. The van der Waals surface area contributed by atoms with Crippen LogP contribution in [0.5, 0.6) is 0 Å². The highest BCUT2D eigenvalue weighted by molar-refractivity contribution is 5.80. The van der Waals surface area contributed by atoms with Crippen LogP contribution in [0.15, 0.2) is 42.5 Å². The predicted octanol–water partition coefficient (Wildman–Crippen LogP) is 4.24. The number of nitrogens with one attached hydrogen (secondary N) is 1. The molecule has 2 aromatic carbocycles. The van der Waals surface area contributed by atoms with Crippen molar-refractivity contribution < 1.29 is 4.74 Å². The Bertz CT molecular complexity index is 1000. The SMILES string of the molecule is Cc1ccccc1C(CN1CCOCC1)Nc1ccc2c(c1)nc(C1CC1)n2C. The van der Waals surface area contributed by atoms with Crippen LogP contribution in [0.1, 0.15) is 41.8 Å². The van der Waals surface area contributed by atoms with Crippen molar-refractivity contribution in [2.75, 3.05) is 38.2 Å². The van der Waals surface area contributed by atoms with E-state index in [1.165, 1.54) is 35.3 Å². The lowest BCUT2D eigenvalue weighted by molar-refractivity contribution is 0.0360. The average molecular weight is 391 g/mol. The molecule has 1 unspecified atom stereocenters. The molecule has 2 fully saturated rings. The molecule has 29 heavy (non-hydrogen) atoms. The summed E-state index contributed by atoms with van der Waals surface area (Å²) in [6.07, 6.45) is 2.55. The number of hydrogen-bond acceptors (Lipinski definition) is 4. The molecule has 5 heteroatoms. The molecule has 1 aliphatic carbocycles. The number of hydrogen-bond donors (Lipinski definition) is 1. The second-order valence-electron chi connectivity index (χ2n) is 8.47. The highest BCUT2D eigenvalue weighted by Gasteiger charge is 2.28. The summed E-state index contributed by atoms with van der Waals surface area (Å²) in [6, 6.07) is 15.6. The number of fused-ring (bicyclic) bond motifs is 1. The van der Waals surface area contributed by atoms with Gasteiger partial charge in [0.15, 0.2) is 0 Å². The molecule has 1 atom stereocenters. The van der Waals surface area contributed by atoms with E-state index in [-0.39, 0.29) is 6.04 Å². The Balaban J connectivity index is 1.43. The van der Waals surface area contributed by atoms with Gasteiger partial charge >= 0.3 is 0 Å². The normalized spacial score (nSPS) is 18.8. The van der Waals surface area contributed by atoms with E-state index in [4.69, 9.17) is 9.72 Å². The minimum atomic E-state index is 0.235. The molecule has 0 amide bonds. The van der Waals surface area contributed by atoms with Crippen LogP contribution in [0.2, 0.25) is 0 Å². The third-order valence-corrected chi connectivity index (χ3v) is 6.31. The third kappa shape index (κ3) is 3.89. The summed E-state index contributed by atoms with van der Waals surface area (Å²) in [5.74, 6) is 1.89. The highest BCUT2D eigenvalue weighted by Crippen LogP contribution is 2.40. The van der Waals surface area contributed by atoms with Gasteiger partial charge in [0.25, 0.3) is 0 Å². The topological polar surface area (TPSA) is 42.3 Å². The number of anilines is 1. The standard InChI is InChI=1S/C24H30N4O/c1-17-5-3-4-6-20(17)22(16-28-11-13-29-14-12-28)25-19-9-10-23-21(15-19)26-24(27(23)2)18-7-8-18/h3-6,9-10,15,18,22,25H,7-8,11-14,16H2,1-2H3. The quantitative estimate of drug-likeness (QED) is 0.683. The van der Waals surface area contributed by atoms with E-state index in [0.717, 1.165) is 44.1 Å².